The fraction of sp³-hybridized carbons (Fsp3) is 0.348. The Bertz CT molecular complexity index is 1200. The van der Waals surface area contributed by atoms with Crippen LogP contribution in [0.2, 0.25) is 0 Å². The van der Waals surface area contributed by atoms with E-state index in [4.69, 9.17) is 16.6 Å². The third kappa shape index (κ3) is 4.25. The molecule has 2 aromatic carbocycles. The number of anilines is 1. The highest BCUT2D eigenvalue weighted by molar-refractivity contribution is 7.80. The predicted molar refractivity (Wildman–Crippen MR) is 121 cm³/mol. The Kier molecular flexibility index (Phi) is 5.76. The van der Waals surface area contributed by atoms with Crippen LogP contribution in [0.25, 0.3) is 11.5 Å². The lowest BCUT2D eigenvalue weighted by Crippen LogP contribution is -2.73. The van der Waals surface area contributed by atoms with Crippen molar-refractivity contribution in [1.29, 1.82) is 0 Å². The summed E-state index contributed by atoms with van der Waals surface area (Å²) in [6, 6.07) is 10.6. The van der Waals surface area contributed by atoms with Crippen molar-refractivity contribution in [1.82, 2.24) is 20.0 Å². The summed E-state index contributed by atoms with van der Waals surface area (Å²) in [7, 11) is 2.08. The van der Waals surface area contributed by atoms with E-state index in [1.165, 1.54) is 6.07 Å². The number of rotatable bonds is 5. The van der Waals surface area contributed by atoms with E-state index in [0.717, 1.165) is 43.9 Å². The summed E-state index contributed by atoms with van der Waals surface area (Å²) >= 11 is 5.76. The molecule has 0 atom stereocenters. The lowest BCUT2D eigenvalue weighted by molar-refractivity contribution is -0.0733. The molecule has 0 N–H and O–H groups in total. The van der Waals surface area contributed by atoms with Crippen molar-refractivity contribution in [3.63, 3.8) is 0 Å². The number of nitrogens with zero attached hydrogens (tertiary/aromatic N) is 5. The minimum atomic E-state index is -2.84. The largest absolute Gasteiger partial charge is 0.415 e. The molecule has 34 heavy (non-hydrogen) atoms. The average Bonchev–Trinajstić information content (AvgIpc) is 3.26. The van der Waals surface area contributed by atoms with Crippen molar-refractivity contribution < 1.29 is 22.0 Å². The van der Waals surface area contributed by atoms with Gasteiger partial charge < -0.3 is 19.1 Å². The van der Waals surface area contributed by atoms with Crippen molar-refractivity contribution in [2.45, 2.75) is 13.0 Å². The van der Waals surface area contributed by atoms with Crippen LogP contribution in [0.1, 0.15) is 17.9 Å². The fourth-order valence-electron chi connectivity index (χ4n) is 4.67. The summed E-state index contributed by atoms with van der Waals surface area (Å²) in [5, 5.41) is 7.52. The molecule has 0 aliphatic carbocycles. The predicted octanol–water partition coefficient (Wildman–Crippen LogP) is 4.49. The first-order chi connectivity index (χ1) is 16.2. The third-order valence-electron chi connectivity index (χ3n) is 6.15. The number of benzene rings is 2. The second kappa shape index (κ2) is 8.62. The maximum absolute atomic E-state index is 14.0. The summed E-state index contributed by atoms with van der Waals surface area (Å²) in [6.45, 7) is 3.97. The quantitative estimate of drug-likeness (QED) is 0.385. The first-order valence-electron chi connectivity index (χ1n) is 10.6. The number of halogens is 4. The van der Waals surface area contributed by atoms with Crippen molar-refractivity contribution in [2.24, 2.45) is 5.41 Å². The van der Waals surface area contributed by atoms with E-state index in [-0.39, 0.29) is 11.3 Å². The zero-order chi connectivity index (χ0) is 24.0. The normalized spacial score (nSPS) is 17.1. The fourth-order valence-corrected chi connectivity index (χ4v) is 4.96. The molecule has 6 nitrogen and oxygen atoms in total. The van der Waals surface area contributed by atoms with Gasteiger partial charge in [0.25, 0.3) is 5.89 Å². The van der Waals surface area contributed by atoms with E-state index in [0.29, 0.717) is 22.9 Å². The molecule has 0 radical (unpaired) electrons. The molecular formula is C23H21F4N5OS. The van der Waals surface area contributed by atoms with Gasteiger partial charge >= 0.3 is 6.43 Å². The minimum Gasteiger partial charge on any atom is -0.415 e. The lowest BCUT2D eigenvalue weighted by atomic mass is 9.73. The highest BCUT2D eigenvalue weighted by atomic mass is 32.1. The lowest BCUT2D eigenvalue weighted by Gasteiger charge is -2.60. The first kappa shape index (κ1) is 22.7. The van der Waals surface area contributed by atoms with Crippen LogP contribution >= 0.6 is 12.2 Å². The van der Waals surface area contributed by atoms with Gasteiger partial charge in [0.1, 0.15) is 0 Å². The summed E-state index contributed by atoms with van der Waals surface area (Å²) < 4.78 is 58.0. The maximum atomic E-state index is 14.0. The van der Waals surface area contributed by atoms with Crippen LogP contribution in [-0.4, -0.2) is 58.3 Å². The zero-order valence-corrected chi connectivity index (χ0v) is 19.0. The highest BCUT2D eigenvalue weighted by Gasteiger charge is 2.51. The molecule has 0 amide bonds. The molecule has 0 unspecified atom stereocenters. The Morgan fingerprint density at radius 1 is 1.06 bits per heavy atom. The molecule has 11 heteroatoms. The van der Waals surface area contributed by atoms with E-state index in [9.17, 15) is 17.6 Å². The van der Waals surface area contributed by atoms with E-state index in [1.807, 2.05) is 0 Å². The molecule has 2 saturated heterocycles. The SMILES string of the molecule is CN1CC2(C1)CN(C(=S)N(Cc1ccc(-c3nnc(C(F)F)o3)cc1)c1ccc(F)c(F)c1)C2. The summed E-state index contributed by atoms with van der Waals surface area (Å²) in [6.07, 6.45) is -2.84. The smallest absolute Gasteiger partial charge is 0.314 e. The second-order valence-corrected chi connectivity index (χ2v) is 9.30. The Labute approximate surface area is 198 Å². The van der Waals surface area contributed by atoms with Gasteiger partial charge in [-0.2, -0.15) is 8.78 Å². The Morgan fingerprint density at radius 3 is 2.35 bits per heavy atom. The van der Waals surface area contributed by atoms with Gasteiger partial charge in [-0.05, 0) is 49.1 Å². The van der Waals surface area contributed by atoms with Crippen molar-refractivity contribution >= 4 is 23.0 Å². The van der Waals surface area contributed by atoms with Crippen molar-refractivity contribution in [2.75, 3.05) is 38.1 Å². The van der Waals surface area contributed by atoms with Crippen molar-refractivity contribution in [3.05, 3.63) is 65.6 Å². The molecule has 3 aromatic rings. The monoisotopic (exact) mass is 491 g/mol. The Hall–Kier alpha value is -3.05. The van der Waals surface area contributed by atoms with Crippen LogP contribution in [0.3, 0.4) is 0 Å². The number of likely N-dealkylation sites (tertiary alicyclic amines) is 2. The maximum Gasteiger partial charge on any atom is 0.314 e. The van der Waals surface area contributed by atoms with E-state index in [1.54, 1.807) is 29.2 Å². The van der Waals surface area contributed by atoms with Gasteiger partial charge in [-0.25, -0.2) is 8.78 Å². The van der Waals surface area contributed by atoms with Crippen molar-refractivity contribution in [3.8, 4) is 11.5 Å². The molecule has 1 spiro atoms. The van der Waals surface area contributed by atoms with Gasteiger partial charge in [0.2, 0.25) is 5.89 Å². The van der Waals surface area contributed by atoms with E-state index >= 15 is 0 Å². The van der Waals surface area contributed by atoms with Gasteiger partial charge in [-0.15, -0.1) is 10.2 Å². The summed E-state index contributed by atoms with van der Waals surface area (Å²) in [5.74, 6) is -2.63. The number of aromatic nitrogens is 2. The molecule has 0 bridgehead atoms. The van der Waals surface area contributed by atoms with Gasteiger partial charge in [0, 0.05) is 48.9 Å². The molecule has 178 valence electrons. The van der Waals surface area contributed by atoms with Crippen LogP contribution < -0.4 is 4.90 Å². The average molecular weight is 492 g/mol. The van der Waals surface area contributed by atoms with Crippen LogP contribution in [0.4, 0.5) is 23.2 Å². The topological polar surface area (TPSA) is 48.6 Å². The molecule has 2 fully saturated rings. The van der Waals surface area contributed by atoms with Gasteiger partial charge in [-0.1, -0.05) is 12.1 Å². The first-order valence-corrected chi connectivity index (χ1v) is 11.0. The molecular weight excluding hydrogens is 470 g/mol. The standard InChI is InChI=1S/C23H21F4N5OS/c1-30-10-23(11-30)12-31(13-23)22(34)32(16-6-7-17(24)18(25)8-16)9-14-2-4-15(5-3-14)20-28-29-21(33-20)19(26)27/h2-8,19H,9-13H2,1H3. The van der Waals surface area contributed by atoms with Crippen LogP contribution in [0, 0.1) is 17.0 Å². The summed E-state index contributed by atoms with van der Waals surface area (Å²) in [4.78, 5) is 6.09. The minimum absolute atomic E-state index is 0.00817. The molecule has 2 aliphatic heterocycles. The third-order valence-corrected chi connectivity index (χ3v) is 6.63. The van der Waals surface area contributed by atoms with Crippen LogP contribution in [-0.2, 0) is 6.54 Å². The number of hydrogen-bond donors (Lipinski definition) is 0. The number of thiocarbonyl (C=S) groups is 1. The Balaban J connectivity index is 1.35. The molecule has 3 heterocycles. The van der Waals surface area contributed by atoms with Gasteiger partial charge in [0.05, 0.1) is 6.54 Å². The zero-order valence-electron chi connectivity index (χ0n) is 18.2. The van der Waals surface area contributed by atoms with Gasteiger partial charge in [-0.3, -0.25) is 0 Å². The summed E-state index contributed by atoms with van der Waals surface area (Å²) in [5.41, 5.74) is 2.01. The highest BCUT2D eigenvalue weighted by Crippen LogP contribution is 2.39. The van der Waals surface area contributed by atoms with E-state index in [2.05, 4.69) is 27.0 Å². The second-order valence-electron chi connectivity index (χ2n) is 8.94. The van der Waals surface area contributed by atoms with Gasteiger partial charge in [0.15, 0.2) is 16.7 Å². The number of hydrogen-bond acceptors (Lipinski definition) is 5. The molecule has 2 aliphatic rings. The van der Waals surface area contributed by atoms with Crippen LogP contribution in [0.5, 0.6) is 0 Å². The molecule has 1 aromatic heterocycles. The molecule has 0 saturated carbocycles. The molecule has 5 rings (SSSR count). The Morgan fingerprint density at radius 2 is 1.76 bits per heavy atom. The van der Waals surface area contributed by atoms with E-state index < -0.39 is 24.0 Å². The van der Waals surface area contributed by atoms with Crippen LogP contribution in [0.15, 0.2) is 46.9 Å². The number of alkyl halides is 2.